The predicted octanol–water partition coefficient (Wildman–Crippen LogP) is -0.0506. The Hall–Kier alpha value is -0.280. The molecule has 0 aliphatic rings. The summed E-state index contributed by atoms with van der Waals surface area (Å²) in [7, 11) is 0. The van der Waals surface area contributed by atoms with E-state index < -0.39 is 5.97 Å². The molecule has 0 spiro atoms. The van der Waals surface area contributed by atoms with Crippen molar-refractivity contribution >= 4 is 5.97 Å². The molecule has 0 saturated carbocycles. The SMILES string of the molecule is CCCCCCCCCCCCC[NH2+]CC(=O)O.[Cl-]. The number of hydrogen-bond donors (Lipinski definition) is 2. The highest BCUT2D eigenvalue weighted by Gasteiger charge is 1.98. The molecule has 0 aromatic heterocycles. The smallest absolute Gasteiger partial charge is 0.359 e. The maximum atomic E-state index is 10.3. The van der Waals surface area contributed by atoms with Crippen LogP contribution in [-0.2, 0) is 4.79 Å². The van der Waals surface area contributed by atoms with Crippen LogP contribution in [0.25, 0.3) is 0 Å². The summed E-state index contributed by atoms with van der Waals surface area (Å²) in [6.45, 7) is 3.44. The molecule has 0 amide bonds. The third-order valence-corrected chi connectivity index (χ3v) is 3.33. The van der Waals surface area contributed by atoms with Crippen molar-refractivity contribution in [2.45, 2.75) is 77.6 Å². The van der Waals surface area contributed by atoms with Gasteiger partial charge in [-0.05, 0) is 12.8 Å². The molecule has 0 heterocycles. The fourth-order valence-corrected chi connectivity index (χ4v) is 2.18. The summed E-state index contributed by atoms with van der Waals surface area (Å²) in [5, 5.41) is 10.3. The Balaban J connectivity index is 0. The van der Waals surface area contributed by atoms with Gasteiger partial charge >= 0.3 is 5.97 Å². The lowest BCUT2D eigenvalue weighted by atomic mass is 10.1. The Morgan fingerprint density at radius 2 is 1.26 bits per heavy atom. The molecule has 3 nitrogen and oxygen atoms in total. The van der Waals surface area contributed by atoms with E-state index in [2.05, 4.69) is 6.92 Å². The molecule has 0 aromatic carbocycles. The van der Waals surface area contributed by atoms with Gasteiger partial charge in [0.2, 0.25) is 0 Å². The minimum atomic E-state index is -0.710. The van der Waals surface area contributed by atoms with Crippen molar-refractivity contribution in [3.8, 4) is 0 Å². The highest BCUT2D eigenvalue weighted by atomic mass is 35.5. The Kier molecular flexibility index (Phi) is 19.6. The van der Waals surface area contributed by atoms with Gasteiger partial charge in [0.15, 0.2) is 6.54 Å². The number of carboxylic acids is 1. The topological polar surface area (TPSA) is 53.9 Å². The van der Waals surface area contributed by atoms with E-state index in [1.165, 1.54) is 64.2 Å². The van der Waals surface area contributed by atoms with E-state index in [1.807, 2.05) is 5.32 Å². The highest BCUT2D eigenvalue weighted by molar-refractivity contribution is 5.67. The van der Waals surface area contributed by atoms with E-state index in [4.69, 9.17) is 5.11 Å². The summed E-state index contributed by atoms with van der Waals surface area (Å²) in [5.74, 6) is -0.710. The van der Waals surface area contributed by atoms with Crippen LogP contribution < -0.4 is 17.7 Å². The maximum Gasteiger partial charge on any atom is 0.359 e. The van der Waals surface area contributed by atoms with Crippen LogP contribution in [-0.4, -0.2) is 24.2 Å². The second-order valence-corrected chi connectivity index (χ2v) is 5.21. The van der Waals surface area contributed by atoms with Gasteiger partial charge in [0.25, 0.3) is 0 Å². The van der Waals surface area contributed by atoms with E-state index >= 15 is 0 Å². The van der Waals surface area contributed by atoms with Crippen LogP contribution in [0.1, 0.15) is 77.6 Å². The summed E-state index contributed by atoms with van der Waals surface area (Å²) in [4.78, 5) is 10.3. The molecule has 0 rings (SSSR count). The molecule has 0 bridgehead atoms. The Morgan fingerprint density at radius 1 is 0.842 bits per heavy atom. The third-order valence-electron chi connectivity index (χ3n) is 3.33. The van der Waals surface area contributed by atoms with Crippen molar-refractivity contribution in [1.29, 1.82) is 0 Å². The van der Waals surface area contributed by atoms with E-state index in [-0.39, 0.29) is 19.0 Å². The highest BCUT2D eigenvalue weighted by Crippen LogP contribution is 2.10. The average molecular weight is 294 g/mol. The van der Waals surface area contributed by atoms with E-state index in [0.717, 1.165) is 13.0 Å². The second kappa shape index (κ2) is 17.7. The number of hydrogen-bond acceptors (Lipinski definition) is 1. The van der Waals surface area contributed by atoms with Crippen LogP contribution in [0.2, 0.25) is 0 Å². The van der Waals surface area contributed by atoms with E-state index in [9.17, 15) is 4.79 Å². The zero-order chi connectivity index (χ0) is 13.5. The molecule has 116 valence electrons. The second-order valence-electron chi connectivity index (χ2n) is 5.21. The van der Waals surface area contributed by atoms with Crippen molar-refractivity contribution in [1.82, 2.24) is 0 Å². The average Bonchev–Trinajstić information content (AvgIpc) is 2.34. The van der Waals surface area contributed by atoms with Gasteiger partial charge in [-0.15, -0.1) is 0 Å². The molecule has 0 fully saturated rings. The number of carboxylic acid groups (broad SMARTS) is 1. The van der Waals surface area contributed by atoms with Gasteiger partial charge in [0.1, 0.15) is 0 Å². The number of carbonyl (C=O) groups is 1. The van der Waals surface area contributed by atoms with Crippen molar-refractivity contribution in [2.75, 3.05) is 13.1 Å². The normalized spacial score (nSPS) is 10.2. The number of unbranched alkanes of at least 4 members (excludes halogenated alkanes) is 10. The Morgan fingerprint density at radius 3 is 1.68 bits per heavy atom. The zero-order valence-electron chi connectivity index (χ0n) is 12.5. The van der Waals surface area contributed by atoms with E-state index in [0.29, 0.717) is 0 Å². The zero-order valence-corrected chi connectivity index (χ0v) is 13.3. The Labute approximate surface area is 125 Å². The summed E-state index contributed by atoms with van der Waals surface area (Å²) in [6, 6.07) is 0. The molecular weight excluding hydrogens is 262 g/mol. The number of halogens is 1. The van der Waals surface area contributed by atoms with Gasteiger partial charge in [0.05, 0.1) is 6.54 Å². The van der Waals surface area contributed by atoms with Gasteiger partial charge < -0.3 is 22.8 Å². The van der Waals surface area contributed by atoms with Crippen molar-refractivity contribution < 1.29 is 27.6 Å². The molecule has 4 heteroatoms. The quantitative estimate of drug-likeness (QED) is 0.441. The van der Waals surface area contributed by atoms with Crippen molar-refractivity contribution in [3.05, 3.63) is 0 Å². The molecule has 3 N–H and O–H groups in total. The van der Waals surface area contributed by atoms with Crippen molar-refractivity contribution in [2.24, 2.45) is 0 Å². The monoisotopic (exact) mass is 293 g/mol. The van der Waals surface area contributed by atoms with E-state index in [1.54, 1.807) is 0 Å². The summed E-state index contributed by atoms with van der Waals surface area (Å²) < 4.78 is 0. The molecular formula is C15H32ClNO2. The summed E-state index contributed by atoms with van der Waals surface area (Å²) >= 11 is 0. The number of aliphatic carboxylic acids is 1. The van der Waals surface area contributed by atoms with Gasteiger partial charge in [0, 0.05) is 0 Å². The lowest BCUT2D eigenvalue weighted by Gasteiger charge is -2.02. The van der Waals surface area contributed by atoms with Crippen LogP contribution >= 0.6 is 0 Å². The standard InChI is InChI=1S/C15H31NO2.ClH/c1-2-3-4-5-6-7-8-9-10-11-12-13-16-14-15(17)18;/h16H,2-14H2,1H3,(H,17,18);1H. The number of nitrogens with two attached hydrogens (primary N) is 1. The molecule has 0 saturated heterocycles. The van der Waals surface area contributed by atoms with Crippen molar-refractivity contribution in [3.63, 3.8) is 0 Å². The molecule has 0 aliphatic carbocycles. The van der Waals surface area contributed by atoms with Crippen LogP contribution in [0.5, 0.6) is 0 Å². The molecule has 0 aliphatic heterocycles. The third kappa shape index (κ3) is 20.2. The van der Waals surface area contributed by atoms with Crippen LogP contribution in [0.4, 0.5) is 0 Å². The van der Waals surface area contributed by atoms with Gasteiger partial charge in [-0.1, -0.05) is 64.7 Å². The molecule has 0 aromatic rings. The van der Waals surface area contributed by atoms with Crippen LogP contribution in [0, 0.1) is 0 Å². The first-order chi connectivity index (χ1) is 8.77. The molecule has 0 unspecified atom stereocenters. The minimum absolute atomic E-state index is 0. The largest absolute Gasteiger partial charge is 1.00 e. The first-order valence-electron chi connectivity index (χ1n) is 7.80. The lowest BCUT2D eigenvalue weighted by molar-refractivity contribution is -0.645. The Bertz CT molecular complexity index is 189. The predicted molar refractivity (Wildman–Crippen MR) is 75.8 cm³/mol. The fourth-order valence-electron chi connectivity index (χ4n) is 2.18. The summed E-state index contributed by atoms with van der Waals surface area (Å²) in [6.07, 6.45) is 14.8. The minimum Gasteiger partial charge on any atom is -1.00 e. The molecule has 19 heavy (non-hydrogen) atoms. The first kappa shape index (κ1) is 21.0. The van der Waals surface area contributed by atoms with Crippen LogP contribution in [0.3, 0.4) is 0 Å². The van der Waals surface area contributed by atoms with Gasteiger partial charge in [-0.3, -0.25) is 0 Å². The molecule has 0 radical (unpaired) electrons. The van der Waals surface area contributed by atoms with Crippen LogP contribution in [0.15, 0.2) is 0 Å². The maximum absolute atomic E-state index is 10.3. The number of rotatable bonds is 14. The molecule has 0 atom stereocenters. The first-order valence-corrected chi connectivity index (χ1v) is 7.80. The lowest BCUT2D eigenvalue weighted by Crippen LogP contribution is -3.00. The number of quaternary nitrogens is 1. The van der Waals surface area contributed by atoms with Gasteiger partial charge in [-0.2, -0.15) is 0 Å². The van der Waals surface area contributed by atoms with Gasteiger partial charge in [-0.25, -0.2) is 4.79 Å². The summed E-state index contributed by atoms with van der Waals surface area (Å²) in [5.41, 5.74) is 0. The fraction of sp³-hybridized carbons (Fsp3) is 0.933.